The summed E-state index contributed by atoms with van der Waals surface area (Å²) in [6.45, 7) is 2.93. The lowest BCUT2D eigenvalue weighted by Crippen LogP contribution is -2.40. The van der Waals surface area contributed by atoms with Crippen molar-refractivity contribution in [1.29, 1.82) is 0 Å². The third kappa shape index (κ3) is 1.21. The summed E-state index contributed by atoms with van der Waals surface area (Å²) in [6, 6.07) is 0. The minimum absolute atomic E-state index is 0.313. The summed E-state index contributed by atoms with van der Waals surface area (Å²) < 4.78 is 5.04. The molecule has 0 aliphatic heterocycles. The summed E-state index contributed by atoms with van der Waals surface area (Å²) in [5.74, 6) is 1.65. The quantitative estimate of drug-likeness (QED) is 0.681. The van der Waals surface area contributed by atoms with Gasteiger partial charge in [-0.1, -0.05) is 6.92 Å². The monoisotopic (exact) mass is 188 g/mol. The fourth-order valence-electron chi connectivity index (χ4n) is 2.50. The van der Waals surface area contributed by atoms with Crippen molar-refractivity contribution in [2.24, 2.45) is 17.8 Å². The average Bonchev–Trinajstić information content (AvgIpc) is 2.52. The van der Waals surface area contributed by atoms with Gasteiger partial charge in [-0.15, -0.1) is 0 Å². The van der Waals surface area contributed by atoms with E-state index < -0.39 is 0 Å². The molecule has 0 bridgehead atoms. The van der Waals surface area contributed by atoms with Crippen LogP contribution in [0.4, 0.5) is 0 Å². The molecule has 0 saturated heterocycles. The van der Waals surface area contributed by atoms with E-state index in [-0.39, 0.29) is 5.60 Å². The Balaban J connectivity index is 1.89. The van der Waals surface area contributed by atoms with Crippen molar-refractivity contribution in [3.8, 4) is 0 Å². The van der Waals surface area contributed by atoms with Crippen LogP contribution >= 0.6 is 9.47 Å². The van der Waals surface area contributed by atoms with Crippen LogP contribution in [0, 0.1) is 17.8 Å². The number of hydrogen-bond acceptors (Lipinski definition) is 2. The normalized spacial score (nSPS) is 51.8. The van der Waals surface area contributed by atoms with Crippen molar-refractivity contribution in [3.63, 3.8) is 0 Å². The minimum Gasteiger partial charge on any atom is -0.389 e. The Labute approximate surface area is 76.0 Å². The van der Waals surface area contributed by atoms with Gasteiger partial charge in [0.05, 0.1) is 12.2 Å². The summed E-state index contributed by atoms with van der Waals surface area (Å²) in [5, 5.41) is 10.1. The summed E-state index contributed by atoms with van der Waals surface area (Å²) in [7, 11) is 2.29. The Morgan fingerprint density at radius 3 is 2.58 bits per heavy atom. The van der Waals surface area contributed by atoms with E-state index in [1.807, 2.05) is 0 Å². The fraction of sp³-hybridized carbons (Fsp3) is 1.00. The van der Waals surface area contributed by atoms with Crippen LogP contribution in [0.2, 0.25) is 0 Å². The van der Waals surface area contributed by atoms with Crippen molar-refractivity contribution in [2.45, 2.75) is 31.8 Å². The molecule has 3 unspecified atom stereocenters. The molecule has 2 saturated carbocycles. The SMILES string of the molecule is CC1CC1(O)[C@@H]1CC[C@H]1COP. The summed E-state index contributed by atoms with van der Waals surface area (Å²) in [6.07, 6.45) is 3.43. The molecule has 0 amide bonds. The van der Waals surface area contributed by atoms with Gasteiger partial charge in [0.15, 0.2) is 0 Å². The van der Waals surface area contributed by atoms with Gasteiger partial charge in [0.2, 0.25) is 0 Å². The lowest BCUT2D eigenvalue weighted by Gasteiger charge is -2.40. The van der Waals surface area contributed by atoms with E-state index in [0.717, 1.165) is 13.0 Å². The minimum atomic E-state index is -0.313. The van der Waals surface area contributed by atoms with E-state index in [4.69, 9.17) is 4.52 Å². The van der Waals surface area contributed by atoms with Gasteiger partial charge >= 0.3 is 0 Å². The second-order valence-electron chi connectivity index (χ2n) is 4.37. The lowest BCUT2D eigenvalue weighted by atomic mass is 9.69. The molecule has 70 valence electrons. The van der Waals surface area contributed by atoms with E-state index in [9.17, 15) is 5.11 Å². The van der Waals surface area contributed by atoms with E-state index in [0.29, 0.717) is 17.8 Å². The summed E-state index contributed by atoms with van der Waals surface area (Å²) in [5.41, 5.74) is -0.313. The molecule has 2 nitrogen and oxygen atoms in total. The molecule has 0 aromatic heterocycles. The molecule has 2 fully saturated rings. The Morgan fingerprint density at radius 1 is 1.58 bits per heavy atom. The molecule has 5 atom stereocenters. The number of aliphatic hydroxyl groups is 1. The molecule has 0 radical (unpaired) electrons. The van der Waals surface area contributed by atoms with Gasteiger partial charge < -0.3 is 9.63 Å². The highest BCUT2D eigenvalue weighted by atomic mass is 31.0. The number of hydrogen-bond donors (Lipinski definition) is 1. The van der Waals surface area contributed by atoms with Gasteiger partial charge in [-0.25, -0.2) is 0 Å². The molecule has 0 aromatic rings. The van der Waals surface area contributed by atoms with E-state index >= 15 is 0 Å². The standard InChI is InChI=1S/C9H17O2P/c1-6-4-9(6,10)8-3-2-7(8)5-11-12/h6-8,10H,2-5,12H2,1H3/t6?,7-,8+,9?/m0/s1. The first kappa shape index (κ1) is 8.93. The Bertz CT molecular complexity index is 185. The smallest absolute Gasteiger partial charge is 0.0709 e. The molecular weight excluding hydrogens is 171 g/mol. The highest BCUT2D eigenvalue weighted by molar-refractivity contribution is 7.09. The van der Waals surface area contributed by atoms with E-state index in [1.165, 1.54) is 12.8 Å². The van der Waals surface area contributed by atoms with Gasteiger partial charge in [0, 0.05) is 9.47 Å². The number of rotatable bonds is 3. The maximum absolute atomic E-state index is 10.1. The Hall–Kier alpha value is 0.350. The van der Waals surface area contributed by atoms with Gasteiger partial charge in [-0.2, -0.15) is 0 Å². The van der Waals surface area contributed by atoms with Crippen molar-refractivity contribution in [1.82, 2.24) is 0 Å². The van der Waals surface area contributed by atoms with Crippen molar-refractivity contribution in [3.05, 3.63) is 0 Å². The molecule has 0 aromatic carbocycles. The topological polar surface area (TPSA) is 29.5 Å². The van der Waals surface area contributed by atoms with E-state index in [1.54, 1.807) is 0 Å². The molecule has 0 heterocycles. The average molecular weight is 188 g/mol. The zero-order valence-corrected chi connectivity index (χ0v) is 8.65. The van der Waals surface area contributed by atoms with Crippen LogP contribution < -0.4 is 0 Å². The van der Waals surface area contributed by atoms with Crippen LogP contribution in [0.25, 0.3) is 0 Å². The Kier molecular flexibility index (Phi) is 2.18. The van der Waals surface area contributed by atoms with Gasteiger partial charge in [0.25, 0.3) is 0 Å². The van der Waals surface area contributed by atoms with E-state index in [2.05, 4.69) is 16.4 Å². The Morgan fingerprint density at radius 2 is 2.25 bits per heavy atom. The fourth-order valence-corrected chi connectivity index (χ4v) is 2.75. The predicted molar refractivity (Wildman–Crippen MR) is 50.6 cm³/mol. The highest BCUT2D eigenvalue weighted by Gasteiger charge is 2.59. The molecule has 12 heavy (non-hydrogen) atoms. The second kappa shape index (κ2) is 2.94. The molecule has 2 rings (SSSR count). The maximum Gasteiger partial charge on any atom is 0.0709 e. The van der Waals surface area contributed by atoms with Crippen LogP contribution in [0.15, 0.2) is 0 Å². The van der Waals surface area contributed by atoms with Gasteiger partial charge in [-0.3, -0.25) is 0 Å². The molecule has 2 aliphatic carbocycles. The highest BCUT2D eigenvalue weighted by Crippen LogP contribution is 2.57. The third-order valence-electron chi connectivity index (χ3n) is 3.70. The summed E-state index contributed by atoms with van der Waals surface area (Å²) in [4.78, 5) is 0. The zero-order chi connectivity index (χ0) is 8.77. The molecular formula is C9H17O2P. The van der Waals surface area contributed by atoms with Crippen LogP contribution in [0.1, 0.15) is 26.2 Å². The molecule has 2 aliphatic rings. The first-order valence-corrected chi connectivity index (χ1v) is 5.19. The third-order valence-corrected chi connectivity index (χ3v) is 3.89. The van der Waals surface area contributed by atoms with Gasteiger partial charge in [0.1, 0.15) is 0 Å². The largest absolute Gasteiger partial charge is 0.389 e. The molecule has 3 heteroatoms. The van der Waals surface area contributed by atoms with Crippen LogP contribution in [0.5, 0.6) is 0 Å². The predicted octanol–water partition coefficient (Wildman–Crippen LogP) is 1.59. The van der Waals surface area contributed by atoms with Crippen molar-refractivity contribution < 1.29 is 9.63 Å². The second-order valence-corrected chi connectivity index (χ2v) is 4.71. The van der Waals surface area contributed by atoms with Crippen molar-refractivity contribution >= 4 is 9.47 Å². The van der Waals surface area contributed by atoms with Gasteiger partial charge in [-0.05, 0) is 37.0 Å². The van der Waals surface area contributed by atoms with Crippen LogP contribution in [-0.2, 0) is 4.52 Å². The van der Waals surface area contributed by atoms with Crippen LogP contribution in [-0.4, -0.2) is 17.3 Å². The molecule has 0 spiro atoms. The maximum atomic E-state index is 10.1. The first-order chi connectivity index (χ1) is 5.68. The van der Waals surface area contributed by atoms with Crippen molar-refractivity contribution in [2.75, 3.05) is 6.61 Å². The molecule has 1 N–H and O–H groups in total. The lowest BCUT2D eigenvalue weighted by molar-refractivity contribution is -0.0313. The zero-order valence-electron chi connectivity index (χ0n) is 7.49. The van der Waals surface area contributed by atoms with Crippen LogP contribution in [0.3, 0.4) is 0 Å². The summed E-state index contributed by atoms with van der Waals surface area (Å²) >= 11 is 0. The first-order valence-electron chi connectivity index (χ1n) is 4.72.